The third-order valence-corrected chi connectivity index (χ3v) is 3.74. The number of hydrogen-bond donors (Lipinski definition) is 2. The molecule has 0 saturated carbocycles. The molecule has 0 aromatic heterocycles. The van der Waals surface area contributed by atoms with Crippen LogP contribution in [-0.2, 0) is 19.1 Å². The van der Waals surface area contributed by atoms with Crippen LogP contribution in [0, 0.1) is 5.92 Å². The van der Waals surface area contributed by atoms with E-state index < -0.39 is 52.7 Å². The second-order valence-corrected chi connectivity index (χ2v) is 5.56. The molecule has 1 rings (SSSR count). The maximum Gasteiger partial charge on any atom is 0.523 e. The van der Waals surface area contributed by atoms with Crippen LogP contribution in [0.1, 0.15) is 6.42 Å². The van der Waals surface area contributed by atoms with E-state index in [1.165, 1.54) is 0 Å². The Kier molecular flexibility index (Phi) is 4.49. The van der Waals surface area contributed by atoms with Crippen LogP contribution in [0.3, 0.4) is 0 Å². The number of carboxylic acids is 1. The molecule has 1 amide bonds. The molecule has 1 saturated heterocycles. The first-order valence-electron chi connectivity index (χ1n) is 5.16. The highest BCUT2D eigenvalue weighted by molar-refractivity contribution is 7.87. The number of carboxylic acid groups (broad SMARTS) is 2. The summed E-state index contributed by atoms with van der Waals surface area (Å²) in [5.41, 5.74) is -5.67. The summed E-state index contributed by atoms with van der Waals surface area (Å²) < 4.78 is 62.0. The molecule has 0 bridgehead atoms. The third kappa shape index (κ3) is 3.50. The van der Waals surface area contributed by atoms with E-state index in [-0.39, 0.29) is 6.54 Å². The van der Waals surface area contributed by atoms with E-state index in [2.05, 4.69) is 4.18 Å². The quantitative estimate of drug-likeness (QED) is 0.566. The van der Waals surface area contributed by atoms with Gasteiger partial charge in [-0.15, -0.1) is 0 Å². The summed E-state index contributed by atoms with van der Waals surface area (Å²) in [5, 5.41) is 17.5. The van der Waals surface area contributed by atoms with Crippen molar-refractivity contribution in [2.75, 3.05) is 13.1 Å². The Hall–Kier alpha value is -1.56. The van der Waals surface area contributed by atoms with Crippen LogP contribution >= 0.6 is 0 Å². The molecule has 2 atom stereocenters. The molecular weight excluding hydrogens is 311 g/mol. The number of alkyl halides is 3. The van der Waals surface area contributed by atoms with Crippen molar-refractivity contribution in [3.63, 3.8) is 0 Å². The highest BCUT2D eigenvalue weighted by Crippen LogP contribution is 2.30. The minimum absolute atomic E-state index is 0.322. The zero-order chi connectivity index (χ0) is 15.7. The molecule has 116 valence electrons. The maximum absolute atomic E-state index is 12.2. The monoisotopic (exact) mass is 321 g/mol. The van der Waals surface area contributed by atoms with Crippen LogP contribution in [0.2, 0.25) is 0 Å². The van der Waals surface area contributed by atoms with E-state index in [0.717, 1.165) is 0 Å². The number of likely N-dealkylation sites (tertiary alicyclic amines) is 1. The van der Waals surface area contributed by atoms with Crippen LogP contribution in [0.4, 0.5) is 18.0 Å². The number of piperidine rings is 1. The Bertz CT molecular complexity index is 503. The van der Waals surface area contributed by atoms with Gasteiger partial charge in [-0.25, -0.2) is 4.79 Å². The van der Waals surface area contributed by atoms with Gasteiger partial charge in [0.2, 0.25) is 0 Å². The van der Waals surface area contributed by atoms with Crippen LogP contribution in [-0.4, -0.2) is 60.3 Å². The molecule has 2 N–H and O–H groups in total. The topological polar surface area (TPSA) is 121 Å². The average Bonchev–Trinajstić information content (AvgIpc) is 2.26. The number of rotatable bonds is 3. The van der Waals surface area contributed by atoms with Crippen LogP contribution in [0.5, 0.6) is 0 Å². The standard InChI is InChI=1S/C8H10F3NO7S/c9-8(10,11)20(17,18)19-5-1-2-12(7(15)16)3-4(5)6(13)14/h4-5H,1-3H2,(H,13,14)(H,15,16). The minimum Gasteiger partial charge on any atom is -0.481 e. The van der Waals surface area contributed by atoms with Gasteiger partial charge < -0.3 is 15.1 Å². The van der Waals surface area contributed by atoms with E-state index >= 15 is 0 Å². The van der Waals surface area contributed by atoms with Crippen molar-refractivity contribution in [1.82, 2.24) is 4.90 Å². The SMILES string of the molecule is O=C(O)C1CN(C(=O)O)CCC1OS(=O)(=O)C(F)(F)F. The van der Waals surface area contributed by atoms with E-state index in [1.807, 2.05) is 0 Å². The van der Waals surface area contributed by atoms with Gasteiger partial charge in [0, 0.05) is 13.1 Å². The fraction of sp³-hybridized carbons (Fsp3) is 0.750. The summed E-state index contributed by atoms with van der Waals surface area (Å²) in [6, 6.07) is 0. The molecular formula is C8H10F3NO7S. The molecule has 0 radical (unpaired) electrons. The van der Waals surface area contributed by atoms with Gasteiger partial charge in [0.25, 0.3) is 0 Å². The molecule has 1 fully saturated rings. The zero-order valence-electron chi connectivity index (χ0n) is 9.70. The number of amides is 1. The van der Waals surface area contributed by atoms with E-state index in [4.69, 9.17) is 10.2 Å². The fourth-order valence-electron chi connectivity index (χ4n) is 1.67. The van der Waals surface area contributed by atoms with Gasteiger partial charge in [-0.1, -0.05) is 0 Å². The summed E-state index contributed by atoms with van der Waals surface area (Å²) >= 11 is 0. The van der Waals surface area contributed by atoms with Gasteiger partial charge >= 0.3 is 27.7 Å². The normalized spacial score (nSPS) is 24.4. The van der Waals surface area contributed by atoms with E-state index in [0.29, 0.717) is 4.90 Å². The number of nitrogens with zero attached hydrogens (tertiary/aromatic N) is 1. The lowest BCUT2D eigenvalue weighted by Crippen LogP contribution is -2.50. The molecule has 0 aromatic rings. The first-order valence-corrected chi connectivity index (χ1v) is 6.57. The molecule has 0 spiro atoms. The largest absolute Gasteiger partial charge is 0.523 e. The molecule has 1 aliphatic rings. The lowest BCUT2D eigenvalue weighted by Gasteiger charge is -2.34. The number of aliphatic carboxylic acids is 1. The van der Waals surface area contributed by atoms with Crippen LogP contribution < -0.4 is 0 Å². The van der Waals surface area contributed by atoms with Crippen molar-refractivity contribution in [2.24, 2.45) is 5.92 Å². The second-order valence-electron chi connectivity index (χ2n) is 4.00. The van der Waals surface area contributed by atoms with Crippen molar-refractivity contribution in [3.05, 3.63) is 0 Å². The summed E-state index contributed by atoms with van der Waals surface area (Å²) in [7, 11) is -5.93. The van der Waals surface area contributed by atoms with Gasteiger partial charge in [0.05, 0.1) is 6.10 Å². The fourth-order valence-corrected chi connectivity index (χ4v) is 2.34. The van der Waals surface area contributed by atoms with Crippen molar-refractivity contribution >= 4 is 22.2 Å². The first-order chi connectivity index (χ1) is 8.95. The molecule has 0 aliphatic carbocycles. The third-order valence-electron chi connectivity index (χ3n) is 2.67. The summed E-state index contributed by atoms with van der Waals surface area (Å²) in [4.78, 5) is 22.2. The van der Waals surface area contributed by atoms with E-state index in [9.17, 15) is 31.2 Å². The Balaban J connectivity index is 2.90. The first kappa shape index (κ1) is 16.5. The maximum atomic E-state index is 12.2. The lowest BCUT2D eigenvalue weighted by atomic mass is 9.95. The Morgan fingerprint density at radius 1 is 1.25 bits per heavy atom. The Labute approximate surface area is 110 Å². The number of hydrogen-bond acceptors (Lipinski definition) is 5. The van der Waals surface area contributed by atoms with Crippen LogP contribution in [0.25, 0.3) is 0 Å². The van der Waals surface area contributed by atoms with Crippen LogP contribution in [0.15, 0.2) is 0 Å². The number of carbonyl (C=O) groups is 2. The molecule has 2 unspecified atom stereocenters. The van der Waals surface area contributed by atoms with Gasteiger partial charge in [-0.05, 0) is 6.42 Å². The highest BCUT2D eigenvalue weighted by Gasteiger charge is 2.51. The summed E-state index contributed by atoms with van der Waals surface area (Å²) in [5.74, 6) is -3.34. The zero-order valence-corrected chi connectivity index (χ0v) is 10.5. The lowest BCUT2D eigenvalue weighted by molar-refractivity contribution is -0.147. The van der Waals surface area contributed by atoms with Gasteiger partial charge in [0.1, 0.15) is 5.92 Å². The van der Waals surface area contributed by atoms with Gasteiger partial charge in [-0.3, -0.25) is 8.98 Å². The predicted molar refractivity (Wildman–Crippen MR) is 55.2 cm³/mol. The second kappa shape index (κ2) is 5.44. The predicted octanol–water partition coefficient (Wildman–Crippen LogP) is 0.306. The van der Waals surface area contributed by atoms with Gasteiger partial charge in [-0.2, -0.15) is 21.6 Å². The summed E-state index contributed by atoms with van der Waals surface area (Å²) in [6.07, 6.45) is -3.69. The van der Waals surface area contributed by atoms with Crippen molar-refractivity contribution in [2.45, 2.75) is 18.0 Å². The van der Waals surface area contributed by atoms with Gasteiger partial charge in [0.15, 0.2) is 0 Å². The Morgan fingerprint density at radius 3 is 2.20 bits per heavy atom. The highest BCUT2D eigenvalue weighted by atomic mass is 32.2. The smallest absolute Gasteiger partial charge is 0.481 e. The molecule has 0 aromatic carbocycles. The molecule has 8 nitrogen and oxygen atoms in total. The van der Waals surface area contributed by atoms with Crippen molar-refractivity contribution in [3.8, 4) is 0 Å². The summed E-state index contributed by atoms with van der Waals surface area (Å²) in [6.45, 7) is -0.972. The van der Waals surface area contributed by atoms with Crippen molar-refractivity contribution < 1.29 is 45.6 Å². The molecule has 20 heavy (non-hydrogen) atoms. The molecule has 12 heteroatoms. The average molecular weight is 321 g/mol. The minimum atomic E-state index is -5.93. The molecule has 1 heterocycles. The van der Waals surface area contributed by atoms with E-state index in [1.54, 1.807) is 0 Å². The molecule has 1 aliphatic heterocycles. The van der Waals surface area contributed by atoms with Crippen molar-refractivity contribution in [1.29, 1.82) is 0 Å². The Morgan fingerprint density at radius 2 is 1.80 bits per heavy atom. The number of halogens is 3.